The summed E-state index contributed by atoms with van der Waals surface area (Å²) in [7, 11) is 0. The molecular formula is C26H30O8. The van der Waals surface area contributed by atoms with E-state index in [1.807, 2.05) is 0 Å². The first-order chi connectivity index (χ1) is 16.4. The number of hydrogen-bond donors (Lipinski definition) is 2. The zero-order chi connectivity index (χ0) is 24.8. The second-order valence-corrected chi connectivity index (χ2v) is 7.19. The molecule has 2 N–H and O–H groups in total. The Balaban J connectivity index is 1.73. The summed E-state index contributed by atoms with van der Waals surface area (Å²) < 4.78 is 21.6. The van der Waals surface area contributed by atoms with Crippen molar-refractivity contribution in [3.63, 3.8) is 0 Å². The lowest BCUT2D eigenvalue weighted by molar-refractivity contribution is -0.150. The van der Waals surface area contributed by atoms with Crippen LogP contribution in [0, 0.1) is 11.8 Å². The van der Waals surface area contributed by atoms with E-state index in [1.165, 1.54) is 0 Å². The van der Waals surface area contributed by atoms with Gasteiger partial charge in [0.05, 0.1) is 0 Å². The fourth-order valence-electron chi connectivity index (χ4n) is 3.05. The first kappa shape index (κ1) is 26.7. The third-order valence-corrected chi connectivity index (χ3v) is 4.72. The van der Waals surface area contributed by atoms with Gasteiger partial charge >= 0.3 is 11.9 Å². The van der Waals surface area contributed by atoms with Gasteiger partial charge in [0.25, 0.3) is 0 Å². The summed E-state index contributed by atoms with van der Waals surface area (Å²) in [5.74, 6) is 5.03. The van der Waals surface area contributed by atoms with Gasteiger partial charge in [0.1, 0.15) is 24.7 Å². The molecule has 0 saturated heterocycles. The molecule has 2 rings (SSSR count). The number of ether oxygens (including phenoxy) is 4. The van der Waals surface area contributed by atoms with Crippen molar-refractivity contribution >= 4 is 11.9 Å². The molecule has 0 saturated carbocycles. The van der Waals surface area contributed by atoms with E-state index in [2.05, 4.69) is 11.8 Å². The lowest BCUT2D eigenvalue weighted by Crippen LogP contribution is -2.26. The Bertz CT molecular complexity index is 880. The molecule has 2 aromatic rings. The van der Waals surface area contributed by atoms with Crippen molar-refractivity contribution < 1.29 is 38.7 Å². The van der Waals surface area contributed by atoms with Crippen LogP contribution in [0.3, 0.4) is 0 Å². The molecular weight excluding hydrogens is 440 g/mol. The third kappa shape index (κ3) is 9.53. The molecule has 182 valence electrons. The normalized spacial score (nSPS) is 12.2. The summed E-state index contributed by atoms with van der Waals surface area (Å²) in [6, 6.07) is 14.3. The van der Waals surface area contributed by atoms with Gasteiger partial charge in [0, 0.05) is 26.1 Å². The number of rotatable bonds is 14. The molecule has 8 heteroatoms. The zero-order valence-electron chi connectivity index (χ0n) is 19.4. The van der Waals surface area contributed by atoms with Crippen LogP contribution >= 0.6 is 0 Å². The number of carboxylic acids is 2. The van der Waals surface area contributed by atoms with Gasteiger partial charge in [-0.15, -0.1) is 0 Å². The molecule has 0 radical (unpaired) electrons. The van der Waals surface area contributed by atoms with Crippen molar-refractivity contribution in [1.82, 2.24) is 0 Å². The zero-order valence-corrected chi connectivity index (χ0v) is 19.4. The van der Waals surface area contributed by atoms with Crippen LogP contribution in [-0.2, 0) is 31.9 Å². The SMILES string of the molecule is CCO[C@H](Cc1ccc(OCC#CCOc2ccc(C[C@@H](OCC)C(=O)O)cc2)cc1)C(=O)O. The van der Waals surface area contributed by atoms with E-state index in [9.17, 15) is 9.59 Å². The Hall–Kier alpha value is -3.54. The van der Waals surface area contributed by atoms with Crippen LogP contribution in [0.2, 0.25) is 0 Å². The molecule has 2 aromatic carbocycles. The van der Waals surface area contributed by atoms with Crippen molar-refractivity contribution in [1.29, 1.82) is 0 Å². The molecule has 0 fully saturated rings. The molecule has 2 atom stereocenters. The molecule has 0 aromatic heterocycles. The molecule has 0 heterocycles. The van der Waals surface area contributed by atoms with Crippen molar-refractivity contribution in [2.75, 3.05) is 26.4 Å². The predicted molar refractivity (Wildman–Crippen MR) is 125 cm³/mol. The molecule has 0 aliphatic carbocycles. The lowest BCUT2D eigenvalue weighted by atomic mass is 10.1. The quantitative estimate of drug-likeness (QED) is 0.405. The summed E-state index contributed by atoms with van der Waals surface area (Å²) in [5.41, 5.74) is 1.69. The molecule has 0 aliphatic heterocycles. The maximum Gasteiger partial charge on any atom is 0.333 e. The van der Waals surface area contributed by atoms with Gasteiger partial charge in [-0.1, -0.05) is 36.1 Å². The summed E-state index contributed by atoms with van der Waals surface area (Å²) in [6.45, 7) is 4.58. The van der Waals surface area contributed by atoms with Crippen LogP contribution in [0.15, 0.2) is 48.5 Å². The number of hydrogen-bond acceptors (Lipinski definition) is 6. The van der Waals surface area contributed by atoms with Gasteiger partial charge in [-0.05, 0) is 49.2 Å². The average Bonchev–Trinajstić information content (AvgIpc) is 2.82. The summed E-state index contributed by atoms with van der Waals surface area (Å²) in [4.78, 5) is 22.4. The highest BCUT2D eigenvalue weighted by Gasteiger charge is 2.18. The Labute approximate surface area is 199 Å². The molecule has 0 bridgehead atoms. The van der Waals surface area contributed by atoms with Crippen LogP contribution in [-0.4, -0.2) is 60.8 Å². The van der Waals surface area contributed by atoms with Crippen LogP contribution in [0.1, 0.15) is 25.0 Å². The highest BCUT2D eigenvalue weighted by Crippen LogP contribution is 2.15. The first-order valence-electron chi connectivity index (χ1n) is 11.0. The van der Waals surface area contributed by atoms with Crippen molar-refractivity contribution in [3.05, 3.63) is 59.7 Å². The van der Waals surface area contributed by atoms with E-state index in [4.69, 9.17) is 29.2 Å². The Morgan fingerprint density at radius 1 is 0.706 bits per heavy atom. The van der Waals surface area contributed by atoms with E-state index in [1.54, 1.807) is 62.4 Å². The van der Waals surface area contributed by atoms with Gasteiger partial charge in [0.2, 0.25) is 0 Å². The molecule has 0 amide bonds. The average molecular weight is 471 g/mol. The fourth-order valence-corrected chi connectivity index (χ4v) is 3.05. The lowest BCUT2D eigenvalue weighted by Gasteiger charge is -2.12. The maximum atomic E-state index is 11.2. The van der Waals surface area contributed by atoms with Crippen molar-refractivity contribution in [2.24, 2.45) is 0 Å². The third-order valence-electron chi connectivity index (χ3n) is 4.72. The smallest absolute Gasteiger partial charge is 0.333 e. The summed E-state index contributed by atoms with van der Waals surface area (Å²) in [5, 5.41) is 18.3. The minimum Gasteiger partial charge on any atom is -0.481 e. The monoisotopic (exact) mass is 470 g/mol. The Kier molecular flexibility index (Phi) is 11.5. The second-order valence-electron chi connectivity index (χ2n) is 7.19. The van der Waals surface area contributed by atoms with E-state index in [0.717, 1.165) is 11.1 Å². The van der Waals surface area contributed by atoms with Crippen molar-refractivity contribution in [3.8, 4) is 23.3 Å². The van der Waals surface area contributed by atoms with Gasteiger partial charge < -0.3 is 29.2 Å². The maximum absolute atomic E-state index is 11.2. The van der Waals surface area contributed by atoms with Crippen LogP contribution in [0.4, 0.5) is 0 Å². The molecule has 0 unspecified atom stereocenters. The van der Waals surface area contributed by atoms with Gasteiger partial charge in [-0.2, -0.15) is 0 Å². The van der Waals surface area contributed by atoms with Crippen LogP contribution < -0.4 is 9.47 Å². The number of aliphatic carboxylic acids is 2. The predicted octanol–water partition coefficient (Wildman–Crippen LogP) is 3.21. The van der Waals surface area contributed by atoms with Gasteiger partial charge in [0.15, 0.2) is 12.2 Å². The van der Waals surface area contributed by atoms with Crippen molar-refractivity contribution in [2.45, 2.75) is 38.9 Å². The number of carboxylic acid groups (broad SMARTS) is 2. The fraction of sp³-hybridized carbons (Fsp3) is 0.385. The van der Waals surface area contributed by atoms with Crippen LogP contribution in [0.5, 0.6) is 11.5 Å². The second kappa shape index (κ2) is 14.6. The first-order valence-corrected chi connectivity index (χ1v) is 11.0. The molecule has 0 aliphatic rings. The van der Waals surface area contributed by atoms with Gasteiger partial charge in [-0.25, -0.2) is 9.59 Å². The summed E-state index contributed by atoms with van der Waals surface area (Å²) in [6.07, 6.45) is -1.16. The van der Waals surface area contributed by atoms with Crippen LogP contribution in [0.25, 0.3) is 0 Å². The number of benzene rings is 2. The Morgan fingerprint density at radius 2 is 1.06 bits per heavy atom. The summed E-state index contributed by atoms with van der Waals surface area (Å²) >= 11 is 0. The molecule has 0 spiro atoms. The topological polar surface area (TPSA) is 112 Å². The number of carbonyl (C=O) groups is 2. The molecule has 34 heavy (non-hydrogen) atoms. The minimum atomic E-state index is -0.982. The molecule has 8 nitrogen and oxygen atoms in total. The highest BCUT2D eigenvalue weighted by molar-refractivity contribution is 5.73. The highest BCUT2D eigenvalue weighted by atomic mass is 16.5. The van der Waals surface area contributed by atoms with E-state index < -0.39 is 24.1 Å². The van der Waals surface area contributed by atoms with E-state index >= 15 is 0 Å². The standard InChI is InChI=1S/C26H30O8/c1-3-31-23(25(27)28)17-19-7-11-21(12-8-19)33-15-5-6-16-34-22-13-9-20(10-14-22)18-24(26(29)30)32-4-2/h7-14,23-24H,3-4,15-18H2,1-2H3,(H,27,28)(H,29,30)/t23-,24-/m1/s1. The minimum absolute atomic E-state index is 0.187. The van der Waals surface area contributed by atoms with Gasteiger partial charge in [-0.3, -0.25) is 0 Å². The largest absolute Gasteiger partial charge is 0.481 e. The van der Waals surface area contributed by atoms with E-state index in [-0.39, 0.29) is 26.1 Å². The Morgan fingerprint density at radius 3 is 1.35 bits per heavy atom. The van der Waals surface area contributed by atoms with E-state index in [0.29, 0.717) is 24.7 Å².